The third kappa shape index (κ3) is 5.23. The zero-order valence-electron chi connectivity index (χ0n) is 14.8. The molecular formula is C19H23FIN3O2. The molecule has 0 fully saturated rings. The molecule has 2 N–H and O–H groups in total. The van der Waals surface area contributed by atoms with Crippen LogP contribution < -0.4 is 20.1 Å². The largest absolute Gasteiger partial charge is 0.454 e. The van der Waals surface area contributed by atoms with E-state index in [0.29, 0.717) is 18.1 Å². The average molecular weight is 471 g/mol. The Labute approximate surface area is 170 Å². The van der Waals surface area contributed by atoms with Gasteiger partial charge in [-0.2, -0.15) is 0 Å². The number of fused-ring (bicyclic) bond motifs is 1. The molecule has 1 heterocycles. The fraction of sp³-hybridized carbons (Fsp3) is 0.316. The van der Waals surface area contributed by atoms with Gasteiger partial charge in [0.05, 0.1) is 0 Å². The van der Waals surface area contributed by atoms with Gasteiger partial charge >= 0.3 is 0 Å². The third-order valence-corrected chi connectivity index (χ3v) is 4.06. The molecule has 0 aliphatic carbocycles. The molecule has 1 aliphatic heterocycles. The quantitative estimate of drug-likeness (QED) is 0.399. The minimum Gasteiger partial charge on any atom is -0.454 e. The van der Waals surface area contributed by atoms with E-state index in [1.54, 1.807) is 26.1 Å². The van der Waals surface area contributed by atoms with Crippen LogP contribution in [0.3, 0.4) is 0 Å². The number of nitrogens with one attached hydrogen (secondary N) is 2. The van der Waals surface area contributed by atoms with E-state index in [4.69, 9.17) is 9.47 Å². The Morgan fingerprint density at radius 3 is 2.62 bits per heavy atom. The van der Waals surface area contributed by atoms with Crippen molar-refractivity contribution in [3.05, 3.63) is 58.9 Å². The molecule has 1 aliphatic rings. The van der Waals surface area contributed by atoms with Crippen LogP contribution in [-0.2, 0) is 13.0 Å². The van der Waals surface area contributed by atoms with Gasteiger partial charge in [-0.3, -0.25) is 4.99 Å². The summed E-state index contributed by atoms with van der Waals surface area (Å²) in [5.41, 5.74) is 2.68. The van der Waals surface area contributed by atoms with Crippen molar-refractivity contribution in [2.75, 3.05) is 20.4 Å². The molecule has 26 heavy (non-hydrogen) atoms. The predicted molar refractivity (Wildman–Crippen MR) is 111 cm³/mol. The van der Waals surface area contributed by atoms with Crippen molar-refractivity contribution in [2.24, 2.45) is 4.99 Å². The van der Waals surface area contributed by atoms with Crippen LogP contribution in [0.5, 0.6) is 11.5 Å². The summed E-state index contributed by atoms with van der Waals surface area (Å²) in [4.78, 5) is 4.19. The molecular weight excluding hydrogens is 448 g/mol. The first-order valence-electron chi connectivity index (χ1n) is 8.24. The van der Waals surface area contributed by atoms with Gasteiger partial charge in [0.25, 0.3) is 0 Å². The van der Waals surface area contributed by atoms with Crippen LogP contribution in [0.1, 0.15) is 16.7 Å². The third-order valence-electron chi connectivity index (χ3n) is 4.06. The maximum Gasteiger partial charge on any atom is 0.231 e. The molecule has 0 spiro atoms. The Kier molecular flexibility index (Phi) is 7.50. The van der Waals surface area contributed by atoms with Crippen LogP contribution in [0.2, 0.25) is 0 Å². The van der Waals surface area contributed by atoms with E-state index >= 15 is 0 Å². The Morgan fingerprint density at radius 1 is 1.08 bits per heavy atom. The van der Waals surface area contributed by atoms with Gasteiger partial charge in [-0.1, -0.05) is 18.2 Å². The lowest BCUT2D eigenvalue weighted by Gasteiger charge is -2.12. The fourth-order valence-corrected chi connectivity index (χ4v) is 2.57. The normalized spacial score (nSPS) is 12.5. The number of aliphatic imine (C=N–C) groups is 1. The van der Waals surface area contributed by atoms with Crippen molar-refractivity contribution in [2.45, 2.75) is 19.9 Å². The minimum atomic E-state index is -0.190. The number of halogens is 2. The van der Waals surface area contributed by atoms with Crippen LogP contribution in [0.25, 0.3) is 0 Å². The molecule has 0 atom stereocenters. The maximum absolute atomic E-state index is 13.6. The van der Waals surface area contributed by atoms with E-state index < -0.39 is 0 Å². The van der Waals surface area contributed by atoms with Crippen molar-refractivity contribution in [3.8, 4) is 11.5 Å². The monoisotopic (exact) mass is 471 g/mol. The van der Waals surface area contributed by atoms with Crippen molar-refractivity contribution in [1.82, 2.24) is 10.6 Å². The zero-order chi connectivity index (χ0) is 17.6. The van der Waals surface area contributed by atoms with Gasteiger partial charge in [0.15, 0.2) is 17.5 Å². The number of guanidine groups is 1. The van der Waals surface area contributed by atoms with Crippen LogP contribution in [0.15, 0.2) is 41.4 Å². The lowest BCUT2D eigenvalue weighted by molar-refractivity contribution is 0.174. The highest BCUT2D eigenvalue weighted by molar-refractivity contribution is 14.0. The van der Waals surface area contributed by atoms with Gasteiger partial charge in [0.2, 0.25) is 6.79 Å². The van der Waals surface area contributed by atoms with Gasteiger partial charge in [0, 0.05) is 20.1 Å². The molecule has 0 unspecified atom stereocenters. The van der Waals surface area contributed by atoms with E-state index in [-0.39, 0.29) is 36.6 Å². The first-order chi connectivity index (χ1) is 12.2. The van der Waals surface area contributed by atoms with Crippen LogP contribution >= 0.6 is 24.0 Å². The summed E-state index contributed by atoms with van der Waals surface area (Å²) in [6.07, 6.45) is 0.830. The second kappa shape index (κ2) is 9.61. The molecule has 2 aromatic carbocycles. The van der Waals surface area contributed by atoms with E-state index in [2.05, 4.69) is 15.6 Å². The highest BCUT2D eigenvalue weighted by Gasteiger charge is 2.12. The number of hydrogen-bond acceptors (Lipinski definition) is 3. The van der Waals surface area contributed by atoms with Crippen LogP contribution in [0, 0.1) is 12.7 Å². The fourth-order valence-electron chi connectivity index (χ4n) is 2.57. The van der Waals surface area contributed by atoms with Crippen LogP contribution in [0.4, 0.5) is 4.39 Å². The van der Waals surface area contributed by atoms with Gasteiger partial charge in [0.1, 0.15) is 5.82 Å². The molecule has 5 nitrogen and oxygen atoms in total. The first-order valence-corrected chi connectivity index (χ1v) is 8.24. The Bertz CT molecular complexity index is 783. The minimum absolute atomic E-state index is 0. The van der Waals surface area contributed by atoms with E-state index in [9.17, 15) is 4.39 Å². The summed E-state index contributed by atoms with van der Waals surface area (Å²) in [5.74, 6) is 2.08. The SMILES string of the molecule is CN=C(NCCc1ccc2c(c1)OCO2)NCc1ccc(C)c(F)c1.I. The number of benzene rings is 2. The second-order valence-corrected chi connectivity index (χ2v) is 5.87. The van der Waals surface area contributed by atoms with E-state index in [0.717, 1.165) is 35.6 Å². The molecule has 0 radical (unpaired) electrons. The Morgan fingerprint density at radius 2 is 1.85 bits per heavy atom. The summed E-state index contributed by atoms with van der Waals surface area (Å²) in [6.45, 7) is 3.28. The van der Waals surface area contributed by atoms with Gasteiger partial charge in [-0.15, -0.1) is 24.0 Å². The Balaban J connectivity index is 0.00000243. The van der Waals surface area contributed by atoms with Crippen molar-refractivity contribution in [3.63, 3.8) is 0 Å². The standard InChI is InChI=1S/C19H22FN3O2.HI/c1-13-3-4-15(9-16(13)20)11-23-19(21-2)22-8-7-14-5-6-17-18(10-14)25-12-24-17;/h3-6,9-10H,7-8,11-12H2,1-2H3,(H2,21,22,23);1H. The molecule has 0 aromatic heterocycles. The molecule has 0 saturated heterocycles. The summed E-state index contributed by atoms with van der Waals surface area (Å²) < 4.78 is 24.3. The topological polar surface area (TPSA) is 54.9 Å². The molecule has 0 amide bonds. The highest BCUT2D eigenvalue weighted by Crippen LogP contribution is 2.32. The van der Waals surface area contributed by atoms with Gasteiger partial charge < -0.3 is 20.1 Å². The van der Waals surface area contributed by atoms with Gasteiger partial charge in [-0.05, 0) is 48.2 Å². The molecule has 0 saturated carbocycles. The number of nitrogens with zero attached hydrogens (tertiary/aromatic N) is 1. The molecule has 140 valence electrons. The van der Waals surface area contributed by atoms with E-state index in [1.807, 2.05) is 24.3 Å². The number of rotatable bonds is 5. The van der Waals surface area contributed by atoms with E-state index in [1.165, 1.54) is 0 Å². The lowest BCUT2D eigenvalue weighted by atomic mass is 10.1. The first kappa shape index (κ1) is 20.3. The number of ether oxygens (including phenoxy) is 2. The second-order valence-electron chi connectivity index (χ2n) is 5.87. The lowest BCUT2D eigenvalue weighted by Crippen LogP contribution is -2.37. The number of aryl methyl sites for hydroxylation is 1. The van der Waals surface area contributed by atoms with Gasteiger partial charge in [-0.25, -0.2) is 4.39 Å². The predicted octanol–water partition coefficient (Wildman–Crippen LogP) is 3.39. The average Bonchev–Trinajstić information content (AvgIpc) is 3.08. The Hall–Kier alpha value is -2.03. The summed E-state index contributed by atoms with van der Waals surface area (Å²) >= 11 is 0. The van der Waals surface area contributed by atoms with Crippen molar-refractivity contribution >= 4 is 29.9 Å². The number of hydrogen-bond donors (Lipinski definition) is 2. The van der Waals surface area contributed by atoms with Crippen molar-refractivity contribution < 1.29 is 13.9 Å². The summed E-state index contributed by atoms with van der Waals surface area (Å²) in [7, 11) is 1.71. The van der Waals surface area contributed by atoms with Crippen molar-refractivity contribution in [1.29, 1.82) is 0 Å². The van der Waals surface area contributed by atoms with Crippen LogP contribution in [-0.4, -0.2) is 26.3 Å². The summed E-state index contributed by atoms with van der Waals surface area (Å²) in [6, 6.07) is 11.2. The smallest absolute Gasteiger partial charge is 0.231 e. The maximum atomic E-state index is 13.6. The molecule has 2 aromatic rings. The molecule has 3 rings (SSSR count). The highest BCUT2D eigenvalue weighted by atomic mass is 127. The molecule has 0 bridgehead atoms. The molecule has 7 heteroatoms. The summed E-state index contributed by atoms with van der Waals surface area (Å²) in [5, 5.41) is 6.44. The zero-order valence-corrected chi connectivity index (χ0v) is 17.2.